The number of urea groups is 1. The van der Waals surface area contributed by atoms with Crippen molar-refractivity contribution in [2.75, 3.05) is 56.7 Å². The van der Waals surface area contributed by atoms with Crippen LogP contribution >= 0.6 is 0 Å². The van der Waals surface area contributed by atoms with Gasteiger partial charge in [-0.25, -0.2) is 9.69 Å². The highest BCUT2D eigenvalue weighted by Crippen LogP contribution is 2.36. The molecule has 0 radical (unpaired) electrons. The van der Waals surface area contributed by atoms with Crippen molar-refractivity contribution in [1.29, 1.82) is 0 Å². The van der Waals surface area contributed by atoms with E-state index in [1.807, 2.05) is 49.1 Å². The van der Waals surface area contributed by atoms with E-state index >= 15 is 0 Å². The van der Waals surface area contributed by atoms with E-state index in [1.54, 1.807) is 37.1 Å². The van der Waals surface area contributed by atoms with Crippen molar-refractivity contribution >= 4 is 29.1 Å². The van der Waals surface area contributed by atoms with Crippen LogP contribution in [-0.4, -0.2) is 74.5 Å². The summed E-state index contributed by atoms with van der Waals surface area (Å²) in [7, 11) is 3.30. The molecule has 166 valence electrons. The van der Waals surface area contributed by atoms with E-state index < -0.39 is 0 Å². The predicted molar refractivity (Wildman–Crippen MR) is 124 cm³/mol. The van der Waals surface area contributed by atoms with E-state index in [-0.39, 0.29) is 11.9 Å². The number of carbonyl (C=O) groups is 2. The van der Waals surface area contributed by atoms with Crippen molar-refractivity contribution in [3.63, 3.8) is 0 Å². The first-order valence-electron chi connectivity index (χ1n) is 10.5. The Labute approximate surface area is 184 Å². The maximum Gasteiger partial charge on any atom is 0.334 e. The summed E-state index contributed by atoms with van der Waals surface area (Å²) in [5.41, 5.74) is 2.61. The summed E-state index contributed by atoms with van der Waals surface area (Å²) < 4.78 is 5.70. The van der Waals surface area contributed by atoms with Crippen LogP contribution in [0.5, 0.6) is 5.75 Å². The number of nitrogens with zero attached hydrogens (tertiary/aromatic N) is 5. The molecule has 0 aromatic heterocycles. The summed E-state index contributed by atoms with van der Waals surface area (Å²) in [5.74, 6) is 1.32. The maximum absolute atomic E-state index is 13.3. The van der Waals surface area contributed by atoms with Gasteiger partial charge in [-0.3, -0.25) is 14.7 Å². The average molecular weight is 426 g/mol. The first-order chi connectivity index (χ1) is 14.9. The molecule has 0 unspecified atom stereocenters. The van der Waals surface area contributed by atoms with Crippen molar-refractivity contribution < 1.29 is 14.3 Å². The lowest BCUT2D eigenvalue weighted by atomic mass is 10.1. The number of anilines is 2. The third-order valence-corrected chi connectivity index (χ3v) is 5.66. The van der Waals surface area contributed by atoms with Gasteiger partial charge in [-0.1, -0.05) is 12.2 Å². The molecule has 0 spiro atoms. The van der Waals surface area contributed by atoms with Crippen LogP contribution in [0, 0.1) is 0 Å². The molecule has 1 aromatic rings. The Morgan fingerprint density at radius 1 is 1.16 bits per heavy atom. The number of allylic oxidation sites excluding steroid dienone is 2. The number of carbonyl (C=O) groups excluding carboxylic acids is 2. The van der Waals surface area contributed by atoms with Crippen LogP contribution in [0.15, 0.2) is 47.1 Å². The lowest BCUT2D eigenvalue weighted by Gasteiger charge is -2.38. The molecular weight excluding hydrogens is 394 g/mol. The monoisotopic (exact) mass is 425 g/mol. The summed E-state index contributed by atoms with van der Waals surface area (Å²) in [4.78, 5) is 36.7. The van der Waals surface area contributed by atoms with E-state index in [0.29, 0.717) is 36.9 Å². The molecule has 0 saturated carbocycles. The molecule has 2 saturated heterocycles. The fourth-order valence-electron chi connectivity index (χ4n) is 3.99. The van der Waals surface area contributed by atoms with Gasteiger partial charge in [0.25, 0.3) is 0 Å². The van der Waals surface area contributed by atoms with Gasteiger partial charge >= 0.3 is 6.03 Å². The van der Waals surface area contributed by atoms with Crippen molar-refractivity contribution in [1.82, 2.24) is 9.80 Å². The number of hydrogen-bond acceptors (Lipinski definition) is 5. The highest BCUT2D eigenvalue weighted by Gasteiger charge is 2.35. The molecule has 8 heteroatoms. The van der Waals surface area contributed by atoms with Crippen LogP contribution in [0.2, 0.25) is 0 Å². The highest BCUT2D eigenvalue weighted by atomic mass is 16.5. The van der Waals surface area contributed by atoms with E-state index in [4.69, 9.17) is 4.74 Å². The maximum atomic E-state index is 13.3. The van der Waals surface area contributed by atoms with Crippen LogP contribution in [-0.2, 0) is 4.79 Å². The molecule has 3 rings (SSSR count). The normalized spacial score (nSPS) is 20.4. The minimum absolute atomic E-state index is 0.105. The van der Waals surface area contributed by atoms with Gasteiger partial charge in [0, 0.05) is 63.7 Å². The van der Waals surface area contributed by atoms with Gasteiger partial charge in [0.2, 0.25) is 5.91 Å². The number of ether oxygens (including phenoxy) is 1. The summed E-state index contributed by atoms with van der Waals surface area (Å²) >= 11 is 0. The molecule has 2 aliphatic heterocycles. The second-order valence-electron chi connectivity index (χ2n) is 7.44. The molecule has 2 heterocycles. The van der Waals surface area contributed by atoms with Gasteiger partial charge < -0.3 is 14.5 Å². The SMILES string of the molecule is C/C=C\N1C/C(=C/C)C(=NC)N(c2ccc(N3CCN(C(C)=O)CC3)cc2OC)C1=O. The Bertz CT molecular complexity index is 929. The topological polar surface area (TPSA) is 68.7 Å². The summed E-state index contributed by atoms with van der Waals surface area (Å²) in [6, 6.07) is 5.67. The Morgan fingerprint density at radius 3 is 2.42 bits per heavy atom. The molecule has 0 atom stereocenters. The minimum atomic E-state index is -0.176. The van der Waals surface area contributed by atoms with E-state index in [1.165, 1.54) is 0 Å². The Morgan fingerprint density at radius 2 is 1.87 bits per heavy atom. The third-order valence-electron chi connectivity index (χ3n) is 5.66. The van der Waals surface area contributed by atoms with Crippen molar-refractivity contribution in [2.24, 2.45) is 4.99 Å². The zero-order chi connectivity index (χ0) is 22.5. The molecule has 0 aliphatic carbocycles. The number of aliphatic imine (C=N–C) groups is 1. The van der Waals surface area contributed by atoms with Crippen LogP contribution < -0.4 is 14.5 Å². The first-order valence-corrected chi connectivity index (χ1v) is 10.5. The molecule has 8 nitrogen and oxygen atoms in total. The first kappa shape index (κ1) is 22.4. The van der Waals surface area contributed by atoms with Crippen molar-refractivity contribution in [3.8, 4) is 5.75 Å². The summed E-state index contributed by atoms with van der Waals surface area (Å²) in [6.45, 7) is 8.81. The number of rotatable bonds is 4. The van der Waals surface area contributed by atoms with Gasteiger partial charge in [-0.15, -0.1) is 0 Å². The zero-order valence-corrected chi connectivity index (χ0v) is 19.0. The second kappa shape index (κ2) is 9.68. The van der Waals surface area contributed by atoms with Gasteiger partial charge in [0.15, 0.2) is 0 Å². The number of benzene rings is 1. The highest BCUT2D eigenvalue weighted by molar-refractivity contribution is 6.25. The van der Waals surface area contributed by atoms with Crippen LogP contribution in [0.3, 0.4) is 0 Å². The fraction of sp³-hybridized carbons (Fsp3) is 0.435. The molecule has 0 N–H and O–H groups in total. The molecule has 2 fully saturated rings. The Balaban J connectivity index is 1.95. The van der Waals surface area contributed by atoms with E-state index in [2.05, 4.69) is 9.89 Å². The lowest BCUT2D eigenvalue weighted by Crippen LogP contribution is -2.52. The van der Waals surface area contributed by atoms with E-state index in [0.717, 1.165) is 24.4 Å². The van der Waals surface area contributed by atoms with Gasteiger partial charge in [0.1, 0.15) is 11.6 Å². The fourth-order valence-corrected chi connectivity index (χ4v) is 3.99. The largest absolute Gasteiger partial charge is 0.494 e. The number of hydrogen-bond donors (Lipinski definition) is 0. The van der Waals surface area contributed by atoms with Gasteiger partial charge in [0.05, 0.1) is 19.3 Å². The van der Waals surface area contributed by atoms with Crippen LogP contribution in [0.1, 0.15) is 20.8 Å². The summed E-state index contributed by atoms with van der Waals surface area (Å²) in [6.07, 6.45) is 5.60. The molecule has 3 amide bonds. The molecule has 2 aliphatic rings. The Kier molecular flexibility index (Phi) is 6.99. The zero-order valence-electron chi connectivity index (χ0n) is 19.0. The Hall–Kier alpha value is -3.29. The quantitative estimate of drug-likeness (QED) is 0.743. The molecule has 0 bridgehead atoms. The molecule has 31 heavy (non-hydrogen) atoms. The lowest BCUT2D eigenvalue weighted by molar-refractivity contribution is -0.129. The molecular formula is C23H31N5O3. The van der Waals surface area contributed by atoms with Gasteiger partial charge in [-0.05, 0) is 26.0 Å². The third kappa shape index (κ3) is 4.42. The predicted octanol–water partition coefficient (Wildman–Crippen LogP) is 3.11. The van der Waals surface area contributed by atoms with Crippen LogP contribution in [0.4, 0.5) is 16.2 Å². The van der Waals surface area contributed by atoms with Gasteiger partial charge in [-0.2, -0.15) is 0 Å². The van der Waals surface area contributed by atoms with E-state index in [9.17, 15) is 9.59 Å². The number of piperazine rings is 1. The summed E-state index contributed by atoms with van der Waals surface area (Å²) in [5, 5.41) is 0. The molecule has 1 aromatic carbocycles. The smallest absolute Gasteiger partial charge is 0.334 e. The second-order valence-corrected chi connectivity index (χ2v) is 7.44. The number of methoxy groups -OCH3 is 1. The average Bonchev–Trinajstić information content (AvgIpc) is 2.79. The number of amidine groups is 1. The number of amides is 3. The minimum Gasteiger partial charge on any atom is -0.494 e. The standard InChI is InChI=1S/C23H31N5O3/c1-6-10-27-16-18(7-2)22(24-4)28(23(27)30)20-9-8-19(15-21(20)31-5)26-13-11-25(12-14-26)17(3)29/h6-10,15H,11-14,16H2,1-5H3/b10-6-,18-7-,24-22?. The van der Waals surface area contributed by atoms with Crippen molar-refractivity contribution in [2.45, 2.75) is 20.8 Å². The van der Waals surface area contributed by atoms with Crippen LogP contribution in [0.25, 0.3) is 0 Å². The van der Waals surface area contributed by atoms with Crippen molar-refractivity contribution in [3.05, 3.63) is 42.1 Å².